The zero-order valence-corrected chi connectivity index (χ0v) is 16.1. The number of carbonyl (C=O) groups excluding carboxylic acids is 1. The van der Waals surface area contributed by atoms with Crippen LogP contribution in [0.2, 0.25) is 0 Å². The summed E-state index contributed by atoms with van der Waals surface area (Å²) in [6.45, 7) is 1.87. The number of rotatable bonds is 5. The van der Waals surface area contributed by atoms with Crippen molar-refractivity contribution >= 4 is 22.4 Å². The summed E-state index contributed by atoms with van der Waals surface area (Å²) in [6, 6.07) is 23.3. The highest BCUT2D eigenvalue weighted by molar-refractivity contribution is 6.10. The summed E-state index contributed by atoms with van der Waals surface area (Å²) >= 11 is 0. The molecule has 0 radical (unpaired) electrons. The Morgan fingerprint density at radius 2 is 1.79 bits per heavy atom. The fraction of sp³-hybridized carbons (Fsp3) is 0.0870. The Morgan fingerprint density at radius 1 is 1.03 bits per heavy atom. The van der Waals surface area contributed by atoms with E-state index in [4.69, 9.17) is 4.74 Å². The first kappa shape index (κ1) is 18.4. The predicted octanol–water partition coefficient (Wildman–Crippen LogP) is 4.39. The van der Waals surface area contributed by atoms with Crippen molar-refractivity contribution in [2.45, 2.75) is 6.92 Å². The average molecular weight is 384 g/mol. The number of hydrogen-bond acceptors (Lipinski definition) is 4. The molecular weight excluding hydrogens is 364 g/mol. The van der Waals surface area contributed by atoms with E-state index >= 15 is 0 Å². The number of methoxy groups -OCH3 is 1. The zero-order chi connectivity index (χ0) is 20.2. The largest absolute Gasteiger partial charge is 0.497 e. The lowest BCUT2D eigenvalue weighted by Crippen LogP contribution is -2.19. The van der Waals surface area contributed by atoms with Crippen molar-refractivity contribution in [1.82, 2.24) is 15.6 Å². The van der Waals surface area contributed by atoms with Crippen LogP contribution in [0.1, 0.15) is 23.0 Å². The fourth-order valence-corrected chi connectivity index (χ4v) is 3.14. The highest BCUT2D eigenvalue weighted by atomic mass is 16.5. The molecule has 29 heavy (non-hydrogen) atoms. The third-order valence-corrected chi connectivity index (χ3v) is 4.71. The molecule has 0 bridgehead atoms. The van der Waals surface area contributed by atoms with E-state index in [1.807, 2.05) is 61.5 Å². The predicted molar refractivity (Wildman–Crippen MR) is 114 cm³/mol. The Labute approximate surface area is 168 Å². The lowest BCUT2D eigenvalue weighted by molar-refractivity contribution is 0.0950. The molecule has 0 saturated heterocycles. The van der Waals surface area contributed by atoms with E-state index in [-0.39, 0.29) is 5.91 Å². The fourth-order valence-electron chi connectivity index (χ4n) is 3.14. The number of aromatic nitrogens is 2. The first-order valence-corrected chi connectivity index (χ1v) is 9.18. The van der Waals surface area contributed by atoms with Gasteiger partial charge in [-0.15, -0.1) is 0 Å². The number of nitrogens with zero attached hydrogens (tertiary/aromatic N) is 2. The van der Waals surface area contributed by atoms with Gasteiger partial charge in [-0.25, -0.2) is 5.43 Å². The highest BCUT2D eigenvalue weighted by Crippen LogP contribution is 2.21. The van der Waals surface area contributed by atoms with Crippen LogP contribution in [-0.4, -0.2) is 28.9 Å². The van der Waals surface area contributed by atoms with Crippen molar-refractivity contribution in [2.24, 2.45) is 5.10 Å². The molecule has 2 N–H and O–H groups in total. The molecule has 0 unspecified atom stereocenters. The topological polar surface area (TPSA) is 79.4 Å². The Balaban J connectivity index is 1.51. The molecule has 1 aromatic heterocycles. The molecule has 4 rings (SSSR count). The molecule has 0 aliphatic carbocycles. The van der Waals surface area contributed by atoms with Gasteiger partial charge in [0, 0.05) is 11.1 Å². The van der Waals surface area contributed by atoms with Crippen LogP contribution in [0.25, 0.3) is 22.0 Å². The van der Waals surface area contributed by atoms with E-state index in [2.05, 4.69) is 32.9 Å². The molecule has 0 saturated carbocycles. The SMILES string of the molecule is COc1ccc(-c2cc(C(=O)N/N=C(/C)c3cccc4ccccc34)[nH]n2)cc1. The number of nitrogens with one attached hydrogen (secondary N) is 2. The number of aromatic amines is 1. The minimum atomic E-state index is -0.350. The lowest BCUT2D eigenvalue weighted by atomic mass is 10.0. The number of ether oxygens (including phenoxy) is 1. The molecule has 0 spiro atoms. The summed E-state index contributed by atoms with van der Waals surface area (Å²) in [5, 5.41) is 13.5. The Morgan fingerprint density at radius 3 is 2.59 bits per heavy atom. The van der Waals surface area contributed by atoms with Gasteiger partial charge in [0.15, 0.2) is 0 Å². The summed E-state index contributed by atoms with van der Waals surface area (Å²) in [6.07, 6.45) is 0. The van der Waals surface area contributed by atoms with Gasteiger partial charge < -0.3 is 4.74 Å². The van der Waals surface area contributed by atoms with Crippen LogP contribution in [0.5, 0.6) is 5.75 Å². The van der Waals surface area contributed by atoms with Gasteiger partial charge in [0.1, 0.15) is 11.4 Å². The molecule has 6 nitrogen and oxygen atoms in total. The number of carbonyl (C=O) groups is 1. The summed E-state index contributed by atoms with van der Waals surface area (Å²) < 4.78 is 5.16. The van der Waals surface area contributed by atoms with Gasteiger partial charge in [0.2, 0.25) is 0 Å². The van der Waals surface area contributed by atoms with Crippen LogP contribution in [0, 0.1) is 0 Å². The summed E-state index contributed by atoms with van der Waals surface area (Å²) in [5.41, 5.74) is 6.21. The van der Waals surface area contributed by atoms with Crippen molar-refractivity contribution in [2.75, 3.05) is 7.11 Å². The number of hydrazone groups is 1. The molecule has 144 valence electrons. The summed E-state index contributed by atoms with van der Waals surface area (Å²) in [7, 11) is 1.62. The van der Waals surface area contributed by atoms with Gasteiger partial charge in [0.25, 0.3) is 5.91 Å². The van der Waals surface area contributed by atoms with Crippen LogP contribution >= 0.6 is 0 Å². The molecule has 1 heterocycles. The zero-order valence-electron chi connectivity index (χ0n) is 16.1. The second kappa shape index (κ2) is 7.98. The standard InChI is InChI=1S/C23H20N4O2/c1-15(19-9-5-7-16-6-3-4-8-20(16)19)24-27-23(28)22-14-21(25-26-22)17-10-12-18(29-2)13-11-17/h3-14H,1-2H3,(H,25,26)(H,27,28)/b24-15-. The second-order valence-corrected chi connectivity index (χ2v) is 6.56. The number of hydrogen-bond donors (Lipinski definition) is 2. The van der Waals surface area contributed by atoms with Crippen molar-refractivity contribution in [1.29, 1.82) is 0 Å². The van der Waals surface area contributed by atoms with Crippen LogP contribution in [-0.2, 0) is 0 Å². The molecule has 0 atom stereocenters. The van der Waals surface area contributed by atoms with E-state index in [1.54, 1.807) is 13.2 Å². The van der Waals surface area contributed by atoms with Crippen molar-refractivity contribution < 1.29 is 9.53 Å². The first-order valence-electron chi connectivity index (χ1n) is 9.18. The van der Waals surface area contributed by atoms with E-state index in [9.17, 15) is 4.79 Å². The van der Waals surface area contributed by atoms with Crippen molar-refractivity contribution in [3.63, 3.8) is 0 Å². The number of amides is 1. The van der Waals surface area contributed by atoms with Gasteiger partial charge in [-0.2, -0.15) is 10.2 Å². The number of H-pyrrole nitrogens is 1. The Hall–Kier alpha value is -3.93. The molecule has 0 fully saturated rings. The van der Waals surface area contributed by atoms with Crippen LogP contribution in [0.4, 0.5) is 0 Å². The normalized spacial score (nSPS) is 11.4. The molecule has 0 aliphatic rings. The van der Waals surface area contributed by atoms with E-state index in [0.29, 0.717) is 11.4 Å². The molecule has 4 aromatic rings. The molecule has 0 aliphatic heterocycles. The quantitative estimate of drug-likeness (QED) is 0.396. The van der Waals surface area contributed by atoms with Crippen molar-refractivity contribution in [3.05, 3.63) is 84.1 Å². The maximum atomic E-state index is 12.5. The minimum absolute atomic E-state index is 0.338. The van der Waals surface area contributed by atoms with Crippen molar-refractivity contribution in [3.8, 4) is 17.0 Å². The molecule has 1 amide bonds. The van der Waals surface area contributed by atoms with E-state index in [0.717, 1.165) is 33.4 Å². The third-order valence-electron chi connectivity index (χ3n) is 4.71. The monoisotopic (exact) mass is 384 g/mol. The average Bonchev–Trinajstić information content (AvgIpc) is 3.27. The molecule has 3 aromatic carbocycles. The van der Waals surface area contributed by atoms with Gasteiger partial charge in [0.05, 0.1) is 18.5 Å². The number of fused-ring (bicyclic) bond motifs is 1. The third kappa shape index (κ3) is 3.87. The Bertz CT molecular complexity index is 1190. The summed E-state index contributed by atoms with van der Waals surface area (Å²) in [5.74, 6) is 0.414. The number of benzene rings is 3. The highest BCUT2D eigenvalue weighted by Gasteiger charge is 2.11. The van der Waals surface area contributed by atoms with Crippen LogP contribution in [0.15, 0.2) is 77.9 Å². The Kier molecular flexibility index (Phi) is 5.07. The van der Waals surface area contributed by atoms with Gasteiger partial charge in [-0.1, -0.05) is 42.5 Å². The maximum Gasteiger partial charge on any atom is 0.289 e. The van der Waals surface area contributed by atoms with E-state index in [1.165, 1.54) is 0 Å². The van der Waals surface area contributed by atoms with Gasteiger partial charge >= 0.3 is 0 Å². The maximum absolute atomic E-state index is 12.5. The van der Waals surface area contributed by atoms with Crippen LogP contribution < -0.4 is 10.2 Å². The second-order valence-electron chi connectivity index (χ2n) is 6.56. The smallest absolute Gasteiger partial charge is 0.289 e. The van der Waals surface area contributed by atoms with Gasteiger partial charge in [-0.3, -0.25) is 9.89 Å². The van der Waals surface area contributed by atoms with Crippen LogP contribution in [0.3, 0.4) is 0 Å². The van der Waals surface area contributed by atoms with E-state index < -0.39 is 0 Å². The lowest BCUT2D eigenvalue weighted by Gasteiger charge is -2.06. The first-order chi connectivity index (χ1) is 14.2. The van der Waals surface area contributed by atoms with Gasteiger partial charge in [-0.05, 0) is 48.0 Å². The molecular formula is C23H20N4O2. The molecule has 6 heteroatoms. The summed E-state index contributed by atoms with van der Waals surface area (Å²) in [4.78, 5) is 12.5. The minimum Gasteiger partial charge on any atom is -0.497 e.